The van der Waals surface area contributed by atoms with E-state index in [0.717, 1.165) is 14.2 Å². The van der Waals surface area contributed by atoms with Gasteiger partial charge in [0.1, 0.15) is 11.6 Å². The number of imide groups is 2. The van der Waals surface area contributed by atoms with Crippen molar-refractivity contribution < 1.29 is 28.7 Å². The maximum Gasteiger partial charge on any atom is 0.260 e. The topological polar surface area (TPSA) is 107 Å². The maximum atomic E-state index is 15.1. The van der Waals surface area contributed by atoms with E-state index in [1.54, 1.807) is 54.6 Å². The van der Waals surface area contributed by atoms with E-state index in [-0.39, 0.29) is 30.4 Å². The number of phenolic OH excluding ortho intramolecular Hbond substituents is 1. The minimum atomic E-state index is -1.57. The quantitative estimate of drug-likeness (QED) is 0.129. The average molecular weight is 788 g/mol. The number of carbonyl (C=O) groups is 4. The number of carbonyl (C=O) groups excluding carboxylic acids is 4. The van der Waals surface area contributed by atoms with Gasteiger partial charge in [0.15, 0.2) is 0 Å². The highest BCUT2D eigenvalue weighted by atomic mass is 127. The second-order valence-corrected chi connectivity index (χ2v) is 14.6. The minimum Gasteiger partial charge on any atom is -0.508 e. The number of allylic oxidation sites excluding steroid dienone is 2. The zero-order valence-corrected chi connectivity index (χ0v) is 28.6. The number of para-hydroxylation sites is 1. The molecule has 4 amide bonds. The molecule has 6 unspecified atom stereocenters. The van der Waals surface area contributed by atoms with Crippen molar-refractivity contribution >= 4 is 69.2 Å². The summed E-state index contributed by atoms with van der Waals surface area (Å²) in [5, 5.41) is 12.8. The second kappa shape index (κ2) is 11.8. The number of anilines is 2. The molecule has 4 aromatic rings. The lowest BCUT2D eigenvalue weighted by molar-refractivity contribution is -0.138. The molecule has 49 heavy (non-hydrogen) atoms. The molecule has 2 aliphatic heterocycles. The summed E-state index contributed by atoms with van der Waals surface area (Å²) >= 11 is 8.49. The number of amides is 4. The molecule has 0 bridgehead atoms. The van der Waals surface area contributed by atoms with Crippen LogP contribution in [-0.2, 0) is 24.6 Å². The van der Waals surface area contributed by atoms with E-state index in [1.807, 2.05) is 18.2 Å². The molecule has 8 nitrogen and oxygen atoms in total. The summed E-state index contributed by atoms with van der Waals surface area (Å²) in [6, 6.07) is 26.0. The van der Waals surface area contributed by atoms with Crippen molar-refractivity contribution in [2.75, 3.05) is 10.3 Å². The van der Waals surface area contributed by atoms with Gasteiger partial charge in [0.05, 0.1) is 34.5 Å². The van der Waals surface area contributed by atoms with Gasteiger partial charge in [0, 0.05) is 20.1 Å². The molecule has 0 spiro atoms. The normalized spacial score (nSPS) is 27.5. The van der Waals surface area contributed by atoms with E-state index in [0.29, 0.717) is 27.5 Å². The largest absolute Gasteiger partial charge is 0.508 e. The van der Waals surface area contributed by atoms with Gasteiger partial charge in [-0.3, -0.25) is 29.5 Å². The van der Waals surface area contributed by atoms with Crippen molar-refractivity contribution in [1.29, 1.82) is 0 Å². The standard InChI is InChI=1S/C38H28ClFIN3O5/c39-21-7-5-20(6-8-21)38-30(35(47)44(37(38)49)42-24-13-9-22(40)10-14-24)19-29-26(33(38)27-3-1-2-4-31(27)45)17-18-28-32(29)36(48)43(34(28)46)25-15-11-23(41)12-16-25/h1-17,28-30,32-33,42,45H,18-19H2. The zero-order valence-electron chi connectivity index (χ0n) is 25.7. The van der Waals surface area contributed by atoms with Crippen LogP contribution in [0.4, 0.5) is 15.8 Å². The van der Waals surface area contributed by atoms with Gasteiger partial charge < -0.3 is 5.11 Å². The summed E-state index contributed by atoms with van der Waals surface area (Å²) in [6.07, 6.45) is 2.30. The number of nitrogens with one attached hydrogen (secondary N) is 1. The Labute approximate surface area is 299 Å². The van der Waals surface area contributed by atoms with Crippen LogP contribution in [0.3, 0.4) is 0 Å². The molecule has 0 aromatic heterocycles. The fraction of sp³-hybridized carbons (Fsp3) is 0.211. The highest BCUT2D eigenvalue weighted by molar-refractivity contribution is 14.1. The van der Waals surface area contributed by atoms with E-state index in [9.17, 15) is 23.9 Å². The number of aromatic hydroxyl groups is 1. The highest BCUT2D eigenvalue weighted by Gasteiger charge is 2.70. The first-order chi connectivity index (χ1) is 23.6. The number of nitrogens with zero attached hydrogens (tertiary/aromatic N) is 2. The monoisotopic (exact) mass is 787 g/mol. The third-order valence-electron chi connectivity index (χ3n) is 10.6. The molecule has 8 rings (SSSR count). The van der Waals surface area contributed by atoms with Crippen molar-refractivity contribution in [2.45, 2.75) is 24.2 Å². The van der Waals surface area contributed by atoms with E-state index >= 15 is 4.79 Å². The molecule has 6 atom stereocenters. The predicted molar refractivity (Wildman–Crippen MR) is 189 cm³/mol. The van der Waals surface area contributed by atoms with Gasteiger partial charge in [-0.15, -0.1) is 0 Å². The lowest BCUT2D eigenvalue weighted by atomic mass is 9.49. The van der Waals surface area contributed by atoms with Crippen LogP contribution in [0.2, 0.25) is 5.02 Å². The van der Waals surface area contributed by atoms with E-state index in [2.05, 4.69) is 28.0 Å². The Balaban J connectivity index is 1.32. The highest BCUT2D eigenvalue weighted by Crippen LogP contribution is 2.65. The molecule has 2 aliphatic carbocycles. The molecule has 3 fully saturated rings. The van der Waals surface area contributed by atoms with Gasteiger partial charge in [0.2, 0.25) is 11.8 Å². The van der Waals surface area contributed by atoms with Crippen LogP contribution in [0.25, 0.3) is 0 Å². The van der Waals surface area contributed by atoms with Gasteiger partial charge >= 0.3 is 0 Å². The smallest absolute Gasteiger partial charge is 0.260 e. The van der Waals surface area contributed by atoms with Crippen LogP contribution in [0.5, 0.6) is 5.75 Å². The van der Waals surface area contributed by atoms with Gasteiger partial charge in [-0.2, -0.15) is 5.01 Å². The molecule has 11 heteroatoms. The molecular formula is C38H28ClFIN3O5. The number of hydrazine groups is 1. The maximum absolute atomic E-state index is 15.1. The number of rotatable bonds is 5. The molecule has 246 valence electrons. The van der Waals surface area contributed by atoms with Crippen molar-refractivity contribution in [3.8, 4) is 5.75 Å². The van der Waals surface area contributed by atoms with Crippen molar-refractivity contribution in [3.63, 3.8) is 0 Å². The van der Waals surface area contributed by atoms with Crippen molar-refractivity contribution in [2.24, 2.45) is 23.7 Å². The van der Waals surface area contributed by atoms with E-state index < -0.39 is 52.6 Å². The van der Waals surface area contributed by atoms with Crippen molar-refractivity contribution in [1.82, 2.24) is 5.01 Å². The van der Waals surface area contributed by atoms with Gasteiger partial charge in [-0.1, -0.05) is 53.6 Å². The summed E-state index contributed by atoms with van der Waals surface area (Å²) < 4.78 is 14.8. The fourth-order valence-corrected chi connectivity index (χ4v) is 9.06. The summed E-state index contributed by atoms with van der Waals surface area (Å²) in [7, 11) is 0. The summed E-state index contributed by atoms with van der Waals surface area (Å²) in [5.41, 5.74) is 3.84. The number of fused-ring (bicyclic) bond motifs is 4. The third-order valence-corrected chi connectivity index (χ3v) is 11.6. The molecule has 4 aliphatic rings. The summed E-state index contributed by atoms with van der Waals surface area (Å²) in [6.45, 7) is 0. The zero-order chi connectivity index (χ0) is 34.2. The van der Waals surface area contributed by atoms with Crippen LogP contribution in [0, 0.1) is 33.1 Å². The minimum absolute atomic E-state index is 0.0669. The van der Waals surface area contributed by atoms with Gasteiger partial charge in [-0.05, 0) is 114 Å². The molecule has 2 saturated heterocycles. The van der Waals surface area contributed by atoms with Crippen molar-refractivity contribution in [3.05, 3.63) is 134 Å². The molecule has 4 aromatic carbocycles. The number of phenols is 1. The van der Waals surface area contributed by atoms with Crippen LogP contribution in [0.15, 0.2) is 109 Å². The van der Waals surface area contributed by atoms with Crippen LogP contribution in [-0.4, -0.2) is 33.7 Å². The van der Waals surface area contributed by atoms with E-state index in [4.69, 9.17) is 11.6 Å². The Morgan fingerprint density at radius 2 is 1.53 bits per heavy atom. The Kier molecular flexibility index (Phi) is 7.64. The van der Waals surface area contributed by atoms with Crippen LogP contribution >= 0.6 is 34.2 Å². The van der Waals surface area contributed by atoms with Gasteiger partial charge in [-0.25, -0.2) is 4.39 Å². The first kappa shape index (κ1) is 31.7. The van der Waals surface area contributed by atoms with Crippen LogP contribution in [0.1, 0.15) is 29.9 Å². The molecular weight excluding hydrogens is 760 g/mol. The summed E-state index contributed by atoms with van der Waals surface area (Å²) in [5.74, 6) is -6.16. The third kappa shape index (κ3) is 4.74. The number of hydrogen-bond acceptors (Lipinski definition) is 6. The predicted octanol–water partition coefficient (Wildman–Crippen LogP) is 6.98. The van der Waals surface area contributed by atoms with Gasteiger partial charge in [0.25, 0.3) is 11.8 Å². The Morgan fingerprint density at radius 3 is 2.22 bits per heavy atom. The SMILES string of the molecule is O=C1C2CC3C(=CCC4C(=O)N(c5ccc(I)cc5)C(=O)C43)C(c3ccccc3O)C2(c2ccc(Cl)cc2)C(=O)N1Nc1ccc(F)cc1. The first-order valence-corrected chi connectivity index (χ1v) is 17.3. The summed E-state index contributed by atoms with van der Waals surface area (Å²) in [4.78, 5) is 59.3. The molecule has 2 heterocycles. The van der Waals surface area contributed by atoms with E-state index in [1.165, 1.54) is 35.2 Å². The lowest BCUT2D eigenvalue weighted by Gasteiger charge is -2.50. The number of hydrogen-bond donors (Lipinski definition) is 2. The fourth-order valence-electron chi connectivity index (χ4n) is 8.58. The second-order valence-electron chi connectivity index (χ2n) is 12.9. The Bertz CT molecular complexity index is 2070. The molecule has 1 saturated carbocycles. The first-order valence-electron chi connectivity index (χ1n) is 15.9. The Morgan fingerprint density at radius 1 is 0.837 bits per heavy atom. The average Bonchev–Trinajstić information content (AvgIpc) is 3.48. The lowest BCUT2D eigenvalue weighted by Crippen LogP contribution is -2.53. The number of benzene rings is 4. The van der Waals surface area contributed by atoms with Crippen LogP contribution < -0.4 is 10.3 Å². The molecule has 0 radical (unpaired) electrons. The number of halogens is 3. The Hall–Kier alpha value is -4.55. The molecule has 2 N–H and O–H groups in total.